The van der Waals surface area contributed by atoms with E-state index in [1.807, 2.05) is 0 Å². The molecular weight excluding hydrogens is 236 g/mol. The van der Waals surface area contributed by atoms with Gasteiger partial charge in [-0.3, -0.25) is 0 Å². The van der Waals surface area contributed by atoms with E-state index in [0.29, 0.717) is 22.3 Å². The van der Waals surface area contributed by atoms with Gasteiger partial charge in [-0.15, -0.1) is 11.8 Å². The van der Waals surface area contributed by atoms with Crippen molar-refractivity contribution in [3.05, 3.63) is 17.8 Å². The number of hydrogen-bond acceptors (Lipinski definition) is 5. The van der Waals surface area contributed by atoms with Crippen molar-refractivity contribution in [1.82, 2.24) is 4.98 Å². The van der Waals surface area contributed by atoms with Crippen LogP contribution >= 0.6 is 11.8 Å². The summed E-state index contributed by atoms with van der Waals surface area (Å²) in [4.78, 5) is 15.5. The predicted octanol–water partition coefficient (Wildman–Crippen LogP) is 2.59. The maximum atomic E-state index is 11.3. The van der Waals surface area contributed by atoms with E-state index < -0.39 is 5.97 Å². The van der Waals surface area contributed by atoms with E-state index in [0.717, 1.165) is 12.2 Å². The van der Waals surface area contributed by atoms with Gasteiger partial charge in [0.25, 0.3) is 0 Å². The van der Waals surface area contributed by atoms with Crippen LogP contribution in [0.25, 0.3) is 0 Å². The summed E-state index contributed by atoms with van der Waals surface area (Å²) < 4.78 is 4.63. The molecule has 0 radical (unpaired) electrons. The molecule has 0 fully saturated rings. The molecule has 1 heterocycles. The summed E-state index contributed by atoms with van der Waals surface area (Å²) >= 11 is 1.58. The summed E-state index contributed by atoms with van der Waals surface area (Å²) in [5.74, 6) is 1.11. The van der Waals surface area contributed by atoms with Gasteiger partial charge in [0.2, 0.25) is 0 Å². The van der Waals surface area contributed by atoms with Crippen LogP contribution < -0.4 is 5.73 Å². The number of hydrogen-bond donors (Lipinski definition) is 1. The van der Waals surface area contributed by atoms with E-state index in [9.17, 15) is 4.79 Å². The lowest BCUT2D eigenvalue weighted by Crippen LogP contribution is -2.06. The number of rotatable bonds is 5. The summed E-state index contributed by atoms with van der Waals surface area (Å²) in [6.45, 7) is 4.32. The number of anilines is 1. The van der Waals surface area contributed by atoms with Gasteiger partial charge in [-0.25, -0.2) is 9.78 Å². The van der Waals surface area contributed by atoms with Crippen molar-refractivity contribution in [2.75, 3.05) is 18.6 Å². The zero-order chi connectivity index (χ0) is 12.8. The van der Waals surface area contributed by atoms with E-state index in [2.05, 4.69) is 23.6 Å². The maximum absolute atomic E-state index is 11.3. The Balaban J connectivity index is 2.80. The first-order valence-corrected chi connectivity index (χ1v) is 6.54. The maximum Gasteiger partial charge on any atom is 0.356 e. The molecule has 94 valence electrons. The smallest absolute Gasteiger partial charge is 0.356 e. The molecule has 4 nitrogen and oxygen atoms in total. The topological polar surface area (TPSA) is 65.2 Å². The number of nitrogens with two attached hydrogens (primary N) is 1. The third-order valence-corrected chi connectivity index (χ3v) is 3.82. The number of aromatic nitrogens is 1. The Morgan fingerprint density at radius 3 is 2.88 bits per heavy atom. The fourth-order valence-corrected chi connectivity index (χ4v) is 2.20. The van der Waals surface area contributed by atoms with Crippen molar-refractivity contribution in [1.29, 1.82) is 0 Å². The molecule has 2 N–H and O–H groups in total. The summed E-state index contributed by atoms with van der Waals surface area (Å²) in [6.07, 6.45) is 1.11. The molecule has 0 amide bonds. The van der Waals surface area contributed by atoms with Crippen LogP contribution in [0, 0.1) is 5.92 Å². The Morgan fingerprint density at radius 1 is 1.59 bits per heavy atom. The molecule has 0 aliphatic carbocycles. The number of carbonyl (C=O) groups excluding carboxylic acids is 1. The molecule has 0 bridgehead atoms. The van der Waals surface area contributed by atoms with E-state index in [4.69, 9.17) is 5.73 Å². The molecule has 5 heteroatoms. The van der Waals surface area contributed by atoms with Crippen LogP contribution in [-0.4, -0.2) is 23.8 Å². The van der Waals surface area contributed by atoms with Crippen LogP contribution in [0.2, 0.25) is 0 Å². The van der Waals surface area contributed by atoms with Crippen LogP contribution in [-0.2, 0) is 4.74 Å². The zero-order valence-electron chi connectivity index (χ0n) is 10.4. The number of nitrogen functional groups attached to an aromatic ring is 1. The Morgan fingerprint density at radius 2 is 2.29 bits per heavy atom. The Kier molecular flexibility index (Phi) is 5.28. The molecular formula is C12H18N2O2S. The minimum atomic E-state index is -0.435. The molecule has 17 heavy (non-hydrogen) atoms. The molecule has 0 spiro atoms. The van der Waals surface area contributed by atoms with E-state index >= 15 is 0 Å². The van der Waals surface area contributed by atoms with Crippen LogP contribution in [0.15, 0.2) is 17.2 Å². The summed E-state index contributed by atoms with van der Waals surface area (Å²) in [5, 5.41) is 0.702. The Labute approximate surface area is 106 Å². The Hall–Kier alpha value is -1.23. The van der Waals surface area contributed by atoms with Crippen LogP contribution in [0.4, 0.5) is 5.69 Å². The number of methoxy groups -OCH3 is 1. The number of pyridine rings is 1. The minimum absolute atomic E-state index is 0.299. The Bertz CT molecular complexity index is 396. The lowest BCUT2D eigenvalue weighted by molar-refractivity contribution is 0.0593. The van der Waals surface area contributed by atoms with Crippen molar-refractivity contribution in [2.24, 2.45) is 5.92 Å². The average molecular weight is 254 g/mol. The highest BCUT2D eigenvalue weighted by Gasteiger charge is 2.11. The number of nitrogens with zero attached hydrogens (tertiary/aromatic N) is 1. The molecule has 1 aromatic heterocycles. The first-order chi connectivity index (χ1) is 8.08. The van der Waals surface area contributed by atoms with Gasteiger partial charge in [0, 0.05) is 5.75 Å². The van der Waals surface area contributed by atoms with Gasteiger partial charge in [-0.2, -0.15) is 0 Å². The largest absolute Gasteiger partial charge is 0.464 e. The van der Waals surface area contributed by atoms with Gasteiger partial charge in [-0.1, -0.05) is 20.3 Å². The van der Waals surface area contributed by atoms with Crippen LogP contribution in [0.5, 0.6) is 0 Å². The standard InChI is InChI=1S/C12H18N2O2S/c1-4-8(2)7-17-11-9(13)5-6-10(14-11)12(15)16-3/h5-6,8H,4,7,13H2,1-3H3. The normalized spacial score (nSPS) is 12.2. The first-order valence-electron chi connectivity index (χ1n) is 5.56. The van der Waals surface area contributed by atoms with Gasteiger partial charge < -0.3 is 10.5 Å². The minimum Gasteiger partial charge on any atom is -0.464 e. The zero-order valence-corrected chi connectivity index (χ0v) is 11.2. The van der Waals surface area contributed by atoms with Gasteiger partial charge in [0.1, 0.15) is 10.7 Å². The first kappa shape index (κ1) is 13.8. The SMILES string of the molecule is CCC(C)CSc1nc(C(=O)OC)ccc1N. The van der Waals surface area contributed by atoms with Crippen molar-refractivity contribution in [3.63, 3.8) is 0 Å². The number of thioether (sulfide) groups is 1. The van der Waals surface area contributed by atoms with Gasteiger partial charge in [-0.05, 0) is 18.1 Å². The predicted molar refractivity (Wildman–Crippen MR) is 70.2 cm³/mol. The summed E-state index contributed by atoms with van der Waals surface area (Å²) in [6, 6.07) is 3.27. The highest BCUT2D eigenvalue weighted by molar-refractivity contribution is 7.99. The molecule has 0 aliphatic rings. The van der Waals surface area contributed by atoms with Crippen molar-refractivity contribution >= 4 is 23.4 Å². The molecule has 0 aromatic carbocycles. The van der Waals surface area contributed by atoms with Crippen molar-refractivity contribution < 1.29 is 9.53 Å². The van der Waals surface area contributed by atoms with E-state index in [1.54, 1.807) is 23.9 Å². The second-order valence-electron chi connectivity index (χ2n) is 3.91. The monoisotopic (exact) mass is 254 g/mol. The molecule has 1 atom stereocenters. The van der Waals surface area contributed by atoms with Crippen LogP contribution in [0.1, 0.15) is 30.8 Å². The lowest BCUT2D eigenvalue weighted by atomic mass is 10.2. The molecule has 1 rings (SSSR count). The molecule has 0 saturated carbocycles. The molecule has 1 aromatic rings. The second-order valence-corrected chi connectivity index (χ2v) is 4.92. The van der Waals surface area contributed by atoms with Gasteiger partial charge >= 0.3 is 5.97 Å². The highest BCUT2D eigenvalue weighted by atomic mass is 32.2. The second kappa shape index (κ2) is 6.49. The van der Waals surface area contributed by atoms with Crippen molar-refractivity contribution in [2.45, 2.75) is 25.3 Å². The number of ether oxygens (including phenoxy) is 1. The third-order valence-electron chi connectivity index (χ3n) is 2.49. The number of carbonyl (C=O) groups is 1. The van der Waals surface area contributed by atoms with E-state index in [1.165, 1.54) is 7.11 Å². The van der Waals surface area contributed by atoms with Crippen molar-refractivity contribution in [3.8, 4) is 0 Å². The summed E-state index contributed by atoms with van der Waals surface area (Å²) in [7, 11) is 1.34. The number of esters is 1. The molecule has 0 aliphatic heterocycles. The molecule has 0 saturated heterocycles. The molecule has 1 unspecified atom stereocenters. The average Bonchev–Trinajstić information content (AvgIpc) is 2.36. The lowest BCUT2D eigenvalue weighted by Gasteiger charge is -2.09. The van der Waals surface area contributed by atoms with Gasteiger partial charge in [0.05, 0.1) is 12.8 Å². The van der Waals surface area contributed by atoms with E-state index in [-0.39, 0.29) is 0 Å². The van der Waals surface area contributed by atoms with Gasteiger partial charge in [0.15, 0.2) is 0 Å². The summed E-state index contributed by atoms with van der Waals surface area (Å²) in [5.41, 5.74) is 6.73. The fraction of sp³-hybridized carbons (Fsp3) is 0.500. The quantitative estimate of drug-likeness (QED) is 0.646. The fourth-order valence-electron chi connectivity index (χ4n) is 1.12. The third kappa shape index (κ3) is 3.93. The van der Waals surface area contributed by atoms with Crippen LogP contribution in [0.3, 0.4) is 0 Å². The highest BCUT2D eigenvalue weighted by Crippen LogP contribution is 2.25.